The fourth-order valence-electron chi connectivity index (χ4n) is 3.00. The second-order valence-electron chi connectivity index (χ2n) is 5.99. The summed E-state index contributed by atoms with van der Waals surface area (Å²) in [5.41, 5.74) is 5.31. The number of aromatic amines is 1. The number of H-pyrrole nitrogens is 1. The van der Waals surface area contributed by atoms with E-state index in [1.807, 2.05) is 48.7 Å². The van der Waals surface area contributed by atoms with Gasteiger partial charge in [0.25, 0.3) is 0 Å². The van der Waals surface area contributed by atoms with E-state index in [2.05, 4.69) is 31.8 Å². The molecule has 3 heterocycles. The lowest BCUT2D eigenvalue weighted by Gasteiger charge is -2.08. The van der Waals surface area contributed by atoms with E-state index in [0.29, 0.717) is 6.54 Å². The van der Waals surface area contributed by atoms with Crippen molar-refractivity contribution in [1.82, 2.24) is 25.3 Å². The molecule has 0 saturated heterocycles. The fraction of sp³-hybridized carbons (Fsp3) is 0.0476. The van der Waals surface area contributed by atoms with Crippen molar-refractivity contribution >= 4 is 16.9 Å². The number of hydrogen-bond donors (Lipinski definition) is 2. The van der Waals surface area contributed by atoms with Crippen LogP contribution in [-0.2, 0) is 11.3 Å². The van der Waals surface area contributed by atoms with Gasteiger partial charge in [-0.05, 0) is 29.8 Å². The van der Waals surface area contributed by atoms with Crippen molar-refractivity contribution in [2.24, 2.45) is 0 Å². The van der Waals surface area contributed by atoms with Gasteiger partial charge in [-0.15, -0.1) is 0 Å². The normalized spacial score (nSPS) is 10.7. The van der Waals surface area contributed by atoms with Gasteiger partial charge in [0.2, 0.25) is 5.91 Å². The van der Waals surface area contributed by atoms with E-state index < -0.39 is 0 Å². The van der Waals surface area contributed by atoms with Crippen LogP contribution in [0.25, 0.3) is 33.5 Å². The molecule has 0 atom stereocenters. The zero-order valence-electron chi connectivity index (χ0n) is 14.5. The van der Waals surface area contributed by atoms with Crippen LogP contribution >= 0.6 is 0 Å². The Kier molecular flexibility index (Phi) is 4.45. The van der Waals surface area contributed by atoms with Crippen molar-refractivity contribution in [3.63, 3.8) is 0 Å². The van der Waals surface area contributed by atoms with E-state index >= 15 is 0 Å². The maximum Gasteiger partial charge on any atom is 0.243 e. The first-order chi connectivity index (χ1) is 13.3. The van der Waals surface area contributed by atoms with Crippen LogP contribution in [0.3, 0.4) is 0 Å². The minimum Gasteiger partial charge on any atom is -0.348 e. The second kappa shape index (κ2) is 7.21. The summed E-state index contributed by atoms with van der Waals surface area (Å²) < 4.78 is 0. The number of hydrogen-bond acceptors (Lipinski definition) is 4. The Balaban J connectivity index is 1.79. The van der Waals surface area contributed by atoms with Crippen molar-refractivity contribution in [2.45, 2.75) is 6.54 Å². The minimum atomic E-state index is -0.201. The standard InChI is InChI=1S/C21H17N5O/c1-2-18(27)23-11-14-6-5-7-15(10-14)20-19-16(17-8-3-4-9-22-17)12-24-21(19)26-13-25-20/h2-10,12-13H,1,11H2,(H,23,27)(H,24,25,26). The van der Waals surface area contributed by atoms with Crippen LogP contribution in [0.1, 0.15) is 5.56 Å². The first kappa shape index (κ1) is 16.7. The van der Waals surface area contributed by atoms with E-state index in [0.717, 1.165) is 39.1 Å². The molecule has 4 rings (SSSR count). The number of amides is 1. The molecule has 1 aromatic carbocycles. The summed E-state index contributed by atoms with van der Waals surface area (Å²) >= 11 is 0. The van der Waals surface area contributed by atoms with Crippen LogP contribution in [0.5, 0.6) is 0 Å². The molecule has 0 unspecified atom stereocenters. The molecule has 0 aliphatic heterocycles. The lowest BCUT2D eigenvalue weighted by Crippen LogP contribution is -2.19. The Hall–Kier alpha value is -3.80. The molecule has 0 spiro atoms. The smallest absolute Gasteiger partial charge is 0.243 e. The van der Waals surface area contributed by atoms with Crippen molar-refractivity contribution in [1.29, 1.82) is 0 Å². The number of nitrogens with one attached hydrogen (secondary N) is 2. The third-order valence-electron chi connectivity index (χ3n) is 4.26. The fourth-order valence-corrected chi connectivity index (χ4v) is 3.00. The molecule has 4 aromatic rings. The van der Waals surface area contributed by atoms with Gasteiger partial charge in [0, 0.05) is 30.1 Å². The molecular weight excluding hydrogens is 338 g/mol. The average Bonchev–Trinajstić information content (AvgIpc) is 3.17. The van der Waals surface area contributed by atoms with Gasteiger partial charge in [-0.3, -0.25) is 9.78 Å². The number of aromatic nitrogens is 4. The highest BCUT2D eigenvalue weighted by Gasteiger charge is 2.15. The van der Waals surface area contributed by atoms with Gasteiger partial charge in [0.1, 0.15) is 12.0 Å². The number of pyridine rings is 1. The predicted molar refractivity (Wildman–Crippen MR) is 105 cm³/mol. The van der Waals surface area contributed by atoms with Crippen molar-refractivity contribution < 1.29 is 4.79 Å². The summed E-state index contributed by atoms with van der Waals surface area (Å²) in [5.74, 6) is -0.201. The van der Waals surface area contributed by atoms with E-state index in [9.17, 15) is 4.79 Å². The van der Waals surface area contributed by atoms with E-state index in [1.165, 1.54) is 6.08 Å². The van der Waals surface area contributed by atoms with Gasteiger partial charge in [0.05, 0.1) is 16.8 Å². The number of fused-ring (bicyclic) bond motifs is 1. The molecule has 0 saturated carbocycles. The maximum absolute atomic E-state index is 11.4. The monoisotopic (exact) mass is 355 g/mol. The molecule has 6 heteroatoms. The molecule has 2 N–H and O–H groups in total. The minimum absolute atomic E-state index is 0.201. The van der Waals surface area contributed by atoms with Crippen LogP contribution in [0.2, 0.25) is 0 Å². The van der Waals surface area contributed by atoms with Crippen molar-refractivity contribution in [3.05, 3.63) is 79.4 Å². The van der Waals surface area contributed by atoms with E-state index in [4.69, 9.17) is 0 Å². The lowest BCUT2D eigenvalue weighted by molar-refractivity contribution is -0.116. The van der Waals surface area contributed by atoms with Gasteiger partial charge in [-0.2, -0.15) is 0 Å². The molecule has 27 heavy (non-hydrogen) atoms. The summed E-state index contributed by atoms with van der Waals surface area (Å²) in [6.45, 7) is 3.89. The molecule has 132 valence electrons. The predicted octanol–water partition coefficient (Wildman–Crippen LogP) is 3.49. The molecule has 6 nitrogen and oxygen atoms in total. The Bertz CT molecular complexity index is 1120. The van der Waals surface area contributed by atoms with Crippen LogP contribution in [-0.4, -0.2) is 25.8 Å². The van der Waals surface area contributed by atoms with Gasteiger partial charge < -0.3 is 10.3 Å². The van der Waals surface area contributed by atoms with Crippen LogP contribution in [0.4, 0.5) is 0 Å². The molecule has 1 amide bonds. The van der Waals surface area contributed by atoms with Gasteiger partial charge >= 0.3 is 0 Å². The first-order valence-electron chi connectivity index (χ1n) is 8.49. The highest BCUT2D eigenvalue weighted by atomic mass is 16.1. The van der Waals surface area contributed by atoms with Crippen LogP contribution in [0, 0.1) is 0 Å². The maximum atomic E-state index is 11.4. The summed E-state index contributed by atoms with van der Waals surface area (Å²) in [5, 5.41) is 3.71. The van der Waals surface area contributed by atoms with E-state index in [-0.39, 0.29) is 5.91 Å². The van der Waals surface area contributed by atoms with Gasteiger partial charge in [-0.1, -0.05) is 30.8 Å². The van der Waals surface area contributed by atoms with Crippen molar-refractivity contribution in [3.8, 4) is 22.5 Å². The summed E-state index contributed by atoms with van der Waals surface area (Å²) in [6, 6.07) is 13.7. The Morgan fingerprint density at radius 3 is 2.89 bits per heavy atom. The van der Waals surface area contributed by atoms with Gasteiger partial charge in [-0.25, -0.2) is 9.97 Å². The first-order valence-corrected chi connectivity index (χ1v) is 8.49. The van der Waals surface area contributed by atoms with Crippen molar-refractivity contribution in [2.75, 3.05) is 0 Å². The highest BCUT2D eigenvalue weighted by molar-refractivity contribution is 6.01. The average molecular weight is 355 g/mol. The molecule has 0 aliphatic rings. The van der Waals surface area contributed by atoms with Crippen LogP contribution in [0.15, 0.2) is 73.8 Å². The number of carbonyl (C=O) groups is 1. The molecule has 3 aromatic heterocycles. The quantitative estimate of drug-likeness (QED) is 0.537. The third-order valence-corrected chi connectivity index (χ3v) is 4.26. The SMILES string of the molecule is C=CC(=O)NCc1cccc(-c2ncnc3[nH]cc(-c4ccccn4)c23)c1. The Morgan fingerprint density at radius 2 is 2.07 bits per heavy atom. The zero-order valence-corrected chi connectivity index (χ0v) is 14.5. The van der Waals surface area contributed by atoms with E-state index in [1.54, 1.807) is 12.5 Å². The number of rotatable bonds is 5. The topological polar surface area (TPSA) is 83.6 Å². The van der Waals surface area contributed by atoms with Gasteiger partial charge in [0.15, 0.2) is 0 Å². The molecule has 0 fully saturated rings. The number of benzene rings is 1. The summed E-state index contributed by atoms with van der Waals surface area (Å²) in [4.78, 5) is 27.9. The molecule has 0 bridgehead atoms. The third kappa shape index (κ3) is 3.32. The molecule has 0 radical (unpaired) electrons. The lowest BCUT2D eigenvalue weighted by atomic mass is 10.0. The largest absolute Gasteiger partial charge is 0.348 e. The number of carbonyl (C=O) groups excluding carboxylic acids is 1. The van der Waals surface area contributed by atoms with Crippen LogP contribution < -0.4 is 5.32 Å². The Labute approximate surface area is 156 Å². The summed E-state index contributed by atoms with van der Waals surface area (Å²) in [6.07, 6.45) is 6.47. The number of nitrogens with zero attached hydrogens (tertiary/aromatic N) is 3. The Morgan fingerprint density at radius 1 is 1.15 bits per heavy atom. The molecule has 0 aliphatic carbocycles. The second-order valence-corrected chi connectivity index (χ2v) is 5.99. The highest BCUT2D eigenvalue weighted by Crippen LogP contribution is 2.33. The summed E-state index contributed by atoms with van der Waals surface area (Å²) in [7, 11) is 0. The molecular formula is C21H17N5O. The zero-order chi connectivity index (χ0) is 18.6.